The summed E-state index contributed by atoms with van der Waals surface area (Å²) in [4.78, 5) is 3.94. The van der Waals surface area contributed by atoms with Crippen molar-refractivity contribution in [2.45, 2.75) is 31.7 Å². The van der Waals surface area contributed by atoms with Gasteiger partial charge in [-0.15, -0.1) is 4.28 Å². The quantitative estimate of drug-likeness (QED) is 0.482. The molecule has 0 saturated heterocycles. The van der Waals surface area contributed by atoms with Crippen LogP contribution in [0.5, 0.6) is 0 Å². The molecule has 0 fully saturated rings. The van der Waals surface area contributed by atoms with E-state index in [9.17, 15) is 8.42 Å². The molecule has 0 radical (unpaired) electrons. The maximum atomic E-state index is 11.7. The molecule has 0 unspecified atom stereocenters. The number of hydrogen-bond donors (Lipinski definition) is 2. The van der Waals surface area contributed by atoms with Crippen molar-refractivity contribution in [1.29, 1.82) is 0 Å². The van der Waals surface area contributed by atoms with Crippen molar-refractivity contribution in [3.05, 3.63) is 29.8 Å². The lowest BCUT2D eigenvalue weighted by molar-refractivity contribution is 0.265. The van der Waals surface area contributed by atoms with Crippen molar-refractivity contribution < 1.29 is 12.7 Å². The molecule has 3 N–H and O–H groups in total. The fourth-order valence-electron chi connectivity index (χ4n) is 1.16. The van der Waals surface area contributed by atoms with Crippen molar-refractivity contribution in [1.82, 2.24) is 5.48 Å². The van der Waals surface area contributed by atoms with E-state index in [1.165, 1.54) is 12.1 Å². The van der Waals surface area contributed by atoms with Gasteiger partial charge in [-0.2, -0.15) is 8.42 Å². The average molecular weight is 271 g/mol. The first-order chi connectivity index (χ1) is 8.31. The van der Waals surface area contributed by atoms with Crippen LogP contribution >= 0.6 is 0 Å². The largest absolute Gasteiger partial charge is 0.368 e. The Hall–Kier alpha value is -1.60. The Bertz CT molecular complexity index is 521. The van der Waals surface area contributed by atoms with Gasteiger partial charge in [0.1, 0.15) is 0 Å². The number of aliphatic imine (C=N–C) groups is 1. The number of benzene rings is 1. The molecular weight excluding hydrogens is 254 g/mol. The average Bonchev–Trinajstić information content (AvgIpc) is 2.26. The van der Waals surface area contributed by atoms with Crippen LogP contribution in [0.2, 0.25) is 0 Å². The molecule has 0 aliphatic carbocycles. The minimum absolute atomic E-state index is 0.0526. The maximum absolute atomic E-state index is 11.7. The number of aryl methyl sites for hydroxylation is 1. The van der Waals surface area contributed by atoms with Gasteiger partial charge in [-0.1, -0.05) is 17.7 Å². The van der Waals surface area contributed by atoms with Crippen molar-refractivity contribution >= 4 is 16.1 Å². The topological polar surface area (TPSA) is 93.8 Å². The summed E-state index contributed by atoms with van der Waals surface area (Å²) < 4.78 is 28.1. The summed E-state index contributed by atoms with van der Waals surface area (Å²) in [7, 11) is -3.88. The Morgan fingerprint density at radius 1 is 1.33 bits per heavy atom. The number of nitrogens with one attached hydrogen (secondary N) is 1. The molecule has 0 saturated carbocycles. The monoisotopic (exact) mass is 271 g/mol. The summed E-state index contributed by atoms with van der Waals surface area (Å²) in [5.41, 5.74) is 8.50. The zero-order chi connectivity index (χ0) is 13.8. The van der Waals surface area contributed by atoms with Crippen molar-refractivity contribution in [3.8, 4) is 0 Å². The van der Waals surface area contributed by atoms with Crippen molar-refractivity contribution in [3.63, 3.8) is 0 Å². The van der Waals surface area contributed by atoms with E-state index in [4.69, 9.17) is 5.73 Å². The second-order valence-electron chi connectivity index (χ2n) is 4.06. The van der Waals surface area contributed by atoms with Gasteiger partial charge in [0.15, 0.2) is 0 Å². The van der Waals surface area contributed by atoms with Gasteiger partial charge in [0.05, 0.1) is 4.90 Å². The molecule has 0 aromatic heterocycles. The Morgan fingerprint density at radius 2 is 1.89 bits per heavy atom. The Balaban J connectivity index is 2.74. The highest BCUT2D eigenvalue weighted by Crippen LogP contribution is 2.11. The highest BCUT2D eigenvalue weighted by molar-refractivity contribution is 7.86. The normalized spacial score (nSPS) is 12.8. The van der Waals surface area contributed by atoms with Gasteiger partial charge in [0.25, 0.3) is 0 Å². The fraction of sp³-hybridized carbons (Fsp3) is 0.364. The molecule has 1 aromatic rings. The molecule has 0 heterocycles. The Labute approximate surface area is 107 Å². The smallest absolute Gasteiger partial charge is 0.317 e. The lowest BCUT2D eigenvalue weighted by Gasteiger charge is -2.07. The molecule has 0 atom stereocenters. The van der Waals surface area contributed by atoms with Gasteiger partial charge in [-0.25, -0.2) is 10.5 Å². The first kappa shape index (κ1) is 14.5. The summed E-state index contributed by atoms with van der Waals surface area (Å²) in [5.74, 6) is -0.0827. The number of nitrogens with two attached hydrogens (primary N) is 1. The molecule has 0 amide bonds. The summed E-state index contributed by atoms with van der Waals surface area (Å²) in [6.45, 7) is 5.48. The molecule has 7 heteroatoms. The van der Waals surface area contributed by atoms with E-state index < -0.39 is 10.1 Å². The molecule has 6 nitrogen and oxygen atoms in total. The van der Waals surface area contributed by atoms with E-state index in [0.717, 1.165) is 5.56 Å². The molecule has 1 rings (SSSR count). The van der Waals surface area contributed by atoms with Crippen LogP contribution in [0.25, 0.3) is 0 Å². The summed E-state index contributed by atoms with van der Waals surface area (Å²) in [6, 6.07) is 6.23. The minimum Gasteiger partial charge on any atom is -0.368 e. The second-order valence-corrected chi connectivity index (χ2v) is 5.61. The summed E-state index contributed by atoms with van der Waals surface area (Å²) in [5, 5.41) is 0. The third-order valence-electron chi connectivity index (χ3n) is 1.96. The summed E-state index contributed by atoms with van der Waals surface area (Å²) in [6.07, 6.45) is 0. The predicted molar refractivity (Wildman–Crippen MR) is 69.3 cm³/mol. The van der Waals surface area contributed by atoms with Gasteiger partial charge < -0.3 is 5.73 Å². The first-order valence-corrected chi connectivity index (χ1v) is 6.81. The molecule has 0 bridgehead atoms. The number of nitrogens with zero attached hydrogens (tertiary/aromatic N) is 1. The lowest BCUT2D eigenvalue weighted by Crippen LogP contribution is -2.34. The molecule has 0 aliphatic heterocycles. The van der Waals surface area contributed by atoms with Crippen molar-refractivity contribution in [2.75, 3.05) is 0 Å². The molecule has 0 spiro atoms. The van der Waals surface area contributed by atoms with Gasteiger partial charge in [0, 0.05) is 6.04 Å². The van der Waals surface area contributed by atoms with Crippen LogP contribution < -0.4 is 11.2 Å². The molecular formula is C11H17N3O3S. The van der Waals surface area contributed by atoms with Crippen LogP contribution in [0.15, 0.2) is 34.2 Å². The van der Waals surface area contributed by atoms with E-state index in [0.29, 0.717) is 0 Å². The number of rotatable bonds is 4. The standard InChI is InChI=1S/C11H17N3O3S/c1-8(2)13-11(12)14-17-18(15,16)10-6-4-9(3)5-7-10/h4-8H,1-3H3,(H3,12,13,14). The zero-order valence-corrected chi connectivity index (χ0v) is 11.4. The molecule has 100 valence electrons. The third kappa shape index (κ3) is 4.34. The minimum atomic E-state index is -3.88. The van der Waals surface area contributed by atoms with Gasteiger partial charge >= 0.3 is 10.1 Å². The van der Waals surface area contributed by atoms with Gasteiger partial charge in [-0.05, 0) is 32.9 Å². The van der Waals surface area contributed by atoms with Crippen LogP contribution in [-0.2, 0) is 14.4 Å². The van der Waals surface area contributed by atoms with E-state index in [1.807, 2.05) is 20.8 Å². The molecule has 18 heavy (non-hydrogen) atoms. The van der Waals surface area contributed by atoms with Crippen LogP contribution in [0, 0.1) is 6.92 Å². The lowest BCUT2D eigenvalue weighted by atomic mass is 10.2. The number of hydrogen-bond acceptors (Lipinski definition) is 4. The summed E-state index contributed by atoms with van der Waals surface area (Å²) >= 11 is 0. The van der Waals surface area contributed by atoms with Gasteiger partial charge in [0.2, 0.25) is 5.96 Å². The van der Waals surface area contributed by atoms with Crippen LogP contribution in [0.3, 0.4) is 0 Å². The van der Waals surface area contributed by atoms with Crippen LogP contribution in [0.4, 0.5) is 0 Å². The van der Waals surface area contributed by atoms with Gasteiger partial charge in [-0.3, -0.25) is 0 Å². The third-order valence-corrected chi connectivity index (χ3v) is 3.12. The highest BCUT2D eigenvalue weighted by atomic mass is 32.2. The molecule has 0 aliphatic rings. The van der Waals surface area contributed by atoms with Crippen LogP contribution in [0.1, 0.15) is 19.4 Å². The van der Waals surface area contributed by atoms with E-state index in [2.05, 4.69) is 14.8 Å². The Morgan fingerprint density at radius 3 is 2.39 bits per heavy atom. The number of guanidine groups is 1. The van der Waals surface area contributed by atoms with E-state index in [-0.39, 0.29) is 16.9 Å². The SMILES string of the molecule is Cc1ccc(S(=O)(=O)ONC(N)=NC(C)C)cc1. The second kappa shape index (κ2) is 5.83. The van der Waals surface area contributed by atoms with Crippen LogP contribution in [-0.4, -0.2) is 20.4 Å². The predicted octanol–water partition coefficient (Wildman–Crippen LogP) is 0.928. The Kier molecular flexibility index (Phi) is 4.69. The first-order valence-electron chi connectivity index (χ1n) is 5.40. The maximum Gasteiger partial charge on any atom is 0.317 e. The zero-order valence-electron chi connectivity index (χ0n) is 10.5. The number of hydroxylamine groups is 1. The van der Waals surface area contributed by atoms with E-state index in [1.54, 1.807) is 12.1 Å². The van der Waals surface area contributed by atoms with Crippen molar-refractivity contribution in [2.24, 2.45) is 10.7 Å². The highest BCUT2D eigenvalue weighted by Gasteiger charge is 2.15. The fourth-order valence-corrected chi connectivity index (χ4v) is 1.92. The molecule has 1 aromatic carbocycles. The van der Waals surface area contributed by atoms with E-state index >= 15 is 0 Å².